The average molecular weight is 269 g/mol. The first-order valence-corrected chi connectivity index (χ1v) is 6.42. The minimum absolute atomic E-state index is 0.0673. The molecule has 0 rings (SSSR count). The molecule has 0 unspecified atom stereocenters. The summed E-state index contributed by atoms with van der Waals surface area (Å²) in [6.45, 7) is 6.57. The molecule has 0 saturated carbocycles. The normalized spacial score (nSPS) is 10.4. The zero-order chi connectivity index (χ0) is 14.8. The van der Waals surface area contributed by atoms with E-state index in [9.17, 15) is 9.59 Å². The van der Waals surface area contributed by atoms with Gasteiger partial charge in [-0.3, -0.25) is 14.5 Å². The number of amides is 1. The highest BCUT2D eigenvalue weighted by Gasteiger charge is 2.19. The average Bonchev–Trinajstić information content (AvgIpc) is 2.35. The van der Waals surface area contributed by atoms with E-state index in [1.807, 2.05) is 19.9 Å². The zero-order valence-electron chi connectivity index (χ0n) is 12.2. The van der Waals surface area contributed by atoms with E-state index in [1.54, 1.807) is 18.9 Å². The van der Waals surface area contributed by atoms with Crippen LogP contribution in [0.15, 0.2) is 0 Å². The Morgan fingerprint density at radius 2 is 1.95 bits per heavy atom. The van der Waals surface area contributed by atoms with Crippen LogP contribution in [-0.4, -0.2) is 61.0 Å². The van der Waals surface area contributed by atoms with E-state index in [0.29, 0.717) is 19.6 Å². The molecule has 0 heterocycles. The predicted molar refractivity (Wildman–Crippen MR) is 71.2 cm³/mol. The number of likely N-dealkylation sites (N-methyl/N-ethyl adjacent to an activating group) is 1. The highest BCUT2D eigenvalue weighted by molar-refractivity contribution is 5.79. The van der Waals surface area contributed by atoms with Crippen molar-refractivity contribution in [3.8, 4) is 6.07 Å². The van der Waals surface area contributed by atoms with Crippen molar-refractivity contribution in [2.75, 3.05) is 33.3 Å². The Morgan fingerprint density at radius 3 is 2.42 bits per heavy atom. The van der Waals surface area contributed by atoms with Gasteiger partial charge >= 0.3 is 5.97 Å². The third-order valence-electron chi connectivity index (χ3n) is 2.69. The summed E-state index contributed by atoms with van der Waals surface area (Å²) in [5.74, 6) is -0.433. The topological polar surface area (TPSA) is 73.6 Å². The first-order chi connectivity index (χ1) is 8.92. The monoisotopic (exact) mass is 269 g/mol. The Labute approximate surface area is 114 Å². The summed E-state index contributed by atoms with van der Waals surface area (Å²) < 4.78 is 4.88. The van der Waals surface area contributed by atoms with Gasteiger partial charge in [-0.2, -0.15) is 5.26 Å². The number of rotatable bonds is 8. The molecule has 0 spiro atoms. The number of nitrogens with zero attached hydrogens (tertiary/aromatic N) is 3. The van der Waals surface area contributed by atoms with E-state index in [2.05, 4.69) is 0 Å². The Hall–Kier alpha value is -1.61. The van der Waals surface area contributed by atoms with Gasteiger partial charge in [-0.25, -0.2) is 0 Å². The Morgan fingerprint density at radius 1 is 1.32 bits per heavy atom. The number of carbonyl (C=O) groups is 2. The minimum Gasteiger partial charge on any atom is -0.465 e. The van der Waals surface area contributed by atoms with Crippen molar-refractivity contribution in [2.45, 2.75) is 33.2 Å². The maximum atomic E-state index is 11.9. The van der Waals surface area contributed by atoms with Crippen LogP contribution < -0.4 is 0 Å². The quantitative estimate of drug-likeness (QED) is 0.604. The smallest absolute Gasteiger partial charge is 0.320 e. The summed E-state index contributed by atoms with van der Waals surface area (Å²) in [4.78, 5) is 26.6. The lowest BCUT2D eigenvalue weighted by molar-refractivity contribution is -0.145. The van der Waals surface area contributed by atoms with E-state index in [-0.39, 0.29) is 31.0 Å². The molecule has 0 aliphatic heterocycles. The second kappa shape index (κ2) is 9.34. The van der Waals surface area contributed by atoms with Crippen molar-refractivity contribution in [2.24, 2.45) is 0 Å². The van der Waals surface area contributed by atoms with Gasteiger partial charge < -0.3 is 9.64 Å². The van der Waals surface area contributed by atoms with Gasteiger partial charge in [0.15, 0.2) is 0 Å². The maximum Gasteiger partial charge on any atom is 0.320 e. The Balaban J connectivity index is 4.38. The lowest BCUT2D eigenvalue weighted by Gasteiger charge is -2.27. The Bertz CT molecular complexity index is 337. The van der Waals surface area contributed by atoms with Crippen LogP contribution in [0, 0.1) is 11.3 Å². The molecule has 6 heteroatoms. The molecule has 0 aromatic heterocycles. The first kappa shape index (κ1) is 17.4. The summed E-state index contributed by atoms with van der Waals surface area (Å²) >= 11 is 0. The van der Waals surface area contributed by atoms with Gasteiger partial charge in [0.05, 0.1) is 32.2 Å². The molecule has 0 fully saturated rings. The summed E-state index contributed by atoms with van der Waals surface area (Å²) in [7, 11) is 1.66. The van der Waals surface area contributed by atoms with Crippen molar-refractivity contribution in [1.29, 1.82) is 5.26 Å². The highest BCUT2D eigenvalue weighted by Crippen LogP contribution is 2.01. The van der Waals surface area contributed by atoms with Crippen LogP contribution >= 0.6 is 0 Å². The van der Waals surface area contributed by atoms with Crippen molar-refractivity contribution in [3.63, 3.8) is 0 Å². The fourth-order valence-corrected chi connectivity index (χ4v) is 1.43. The number of hydrogen-bond donors (Lipinski definition) is 0. The van der Waals surface area contributed by atoms with Gasteiger partial charge in [0, 0.05) is 19.6 Å². The lowest BCUT2D eigenvalue weighted by Crippen LogP contribution is -2.44. The molecular formula is C13H23N3O3. The van der Waals surface area contributed by atoms with Gasteiger partial charge in [0.2, 0.25) is 5.91 Å². The van der Waals surface area contributed by atoms with Gasteiger partial charge in [-0.1, -0.05) is 0 Å². The van der Waals surface area contributed by atoms with Crippen molar-refractivity contribution < 1.29 is 14.3 Å². The molecule has 0 aliphatic carbocycles. The van der Waals surface area contributed by atoms with Crippen LogP contribution in [0.1, 0.15) is 27.2 Å². The van der Waals surface area contributed by atoms with Crippen LogP contribution in [0.2, 0.25) is 0 Å². The number of ether oxygens (including phenoxy) is 1. The van der Waals surface area contributed by atoms with E-state index < -0.39 is 0 Å². The molecule has 0 radical (unpaired) electrons. The van der Waals surface area contributed by atoms with Crippen LogP contribution in [0.4, 0.5) is 0 Å². The summed E-state index contributed by atoms with van der Waals surface area (Å²) in [6.07, 6.45) is 0.307. The maximum absolute atomic E-state index is 11.9. The van der Waals surface area contributed by atoms with Gasteiger partial charge in [-0.05, 0) is 20.8 Å². The molecule has 0 aromatic rings. The summed E-state index contributed by atoms with van der Waals surface area (Å²) in [5, 5.41) is 8.49. The van der Waals surface area contributed by atoms with Gasteiger partial charge in [0.25, 0.3) is 0 Å². The third kappa shape index (κ3) is 7.42. The second-order valence-corrected chi connectivity index (χ2v) is 4.53. The minimum atomic E-state index is -0.330. The molecule has 0 aromatic carbocycles. The Kier molecular flexibility index (Phi) is 8.55. The number of esters is 1. The molecule has 0 bridgehead atoms. The fourth-order valence-electron chi connectivity index (χ4n) is 1.43. The van der Waals surface area contributed by atoms with Crippen molar-refractivity contribution in [1.82, 2.24) is 9.80 Å². The highest BCUT2D eigenvalue weighted by atomic mass is 16.5. The van der Waals surface area contributed by atoms with Gasteiger partial charge in [0.1, 0.15) is 0 Å². The lowest BCUT2D eigenvalue weighted by atomic mass is 10.3. The van der Waals surface area contributed by atoms with Crippen LogP contribution in [0.5, 0.6) is 0 Å². The zero-order valence-corrected chi connectivity index (χ0v) is 12.2. The molecular weight excluding hydrogens is 246 g/mol. The summed E-state index contributed by atoms with van der Waals surface area (Å²) in [6, 6.07) is 2.06. The van der Waals surface area contributed by atoms with E-state index in [4.69, 9.17) is 10.00 Å². The van der Waals surface area contributed by atoms with E-state index in [0.717, 1.165) is 0 Å². The second-order valence-electron chi connectivity index (χ2n) is 4.53. The third-order valence-corrected chi connectivity index (χ3v) is 2.69. The number of carbonyl (C=O) groups excluding carboxylic acids is 2. The standard InChI is InChI=1S/C13H23N3O3/c1-5-19-13(18)10-16(11(2)3)9-12(17)15(4)8-6-7-14/h11H,5-6,8-10H2,1-4H3. The number of nitriles is 1. The van der Waals surface area contributed by atoms with E-state index >= 15 is 0 Å². The van der Waals surface area contributed by atoms with E-state index in [1.165, 1.54) is 4.90 Å². The molecule has 0 aliphatic rings. The van der Waals surface area contributed by atoms with Gasteiger partial charge in [-0.15, -0.1) is 0 Å². The largest absolute Gasteiger partial charge is 0.465 e. The molecule has 0 N–H and O–H groups in total. The molecule has 108 valence electrons. The molecule has 0 atom stereocenters. The predicted octanol–water partition coefficient (Wildman–Crippen LogP) is 0.632. The fraction of sp³-hybridized carbons (Fsp3) is 0.769. The summed E-state index contributed by atoms with van der Waals surface area (Å²) in [5.41, 5.74) is 0. The molecule has 19 heavy (non-hydrogen) atoms. The SMILES string of the molecule is CCOC(=O)CN(CC(=O)N(C)CCC#N)C(C)C. The molecule has 6 nitrogen and oxygen atoms in total. The van der Waals surface area contributed by atoms with Crippen LogP contribution in [0.25, 0.3) is 0 Å². The molecule has 1 amide bonds. The number of hydrogen-bond acceptors (Lipinski definition) is 5. The van der Waals surface area contributed by atoms with Crippen molar-refractivity contribution in [3.05, 3.63) is 0 Å². The molecule has 0 saturated heterocycles. The van der Waals surface area contributed by atoms with Crippen molar-refractivity contribution >= 4 is 11.9 Å². The van der Waals surface area contributed by atoms with Crippen LogP contribution in [-0.2, 0) is 14.3 Å². The van der Waals surface area contributed by atoms with Crippen LogP contribution in [0.3, 0.4) is 0 Å². The first-order valence-electron chi connectivity index (χ1n) is 6.42.